The number of benzene rings is 2. The molecule has 0 saturated heterocycles. The first kappa shape index (κ1) is 22.8. The minimum atomic E-state index is -1.10. The van der Waals surface area contributed by atoms with Crippen molar-refractivity contribution in [1.29, 1.82) is 0 Å². The van der Waals surface area contributed by atoms with Crippen LogP contribution < -0.4 is 10.6 Å². The van der Waals surface area contributed by atoms with E-state index in [-0.39, 0.29) is 32.1 Å². The van der Waals surface area contributed by atoms with Crippen molar-refractivity contribution in [3.05, 3.63) is 59.7 Å². The van der Waals surface area contributed by atoms with Gasteiger partial charge in [-0.1, -0.05) is 48.5 Å². The number of carbonyl (C=O) groups is 3. The van der Waals surface area contributed by atoms with E-state index in [0.717, 1.165) is 22.3 Å². The highest BCUT2D eigenvalue weighted by molar-refractivity contribution is 5.86. The number of ether oxygens (including phenoxy) is 2. The molecule has 8 nitrogen and oxygen atoms in total. The van der Waals surface area contributed by atoms with Crippen LogP contribution in [0.1, 0.15) is 23.5 Å². The van der Waals surface area contributed by atoms with Gasteiger partial charge in [-0.15, -0.1) is 12.3 Å². The minimum Gasteiger partial charge on any atom is -0.480 e. The summed E-state index contributed by atoms with van der Waals surface area (Å²) in [7, 11) is 0. The molecular formula is C24H24N2O6. The Labute approximate surface area is 185 Å². The van der Waals surface area contributed by atoms with Crippen molar-refractivity contribution < 1.29 is 29.0 Å². The van der Waals surface area contributed by atoms with E-state index in [1.54, 1.807) is 0 Å². The van der Waals surface area contributed by atoms with Crippen molar-refractivity contribution in [2.45, 2.75) is 18.4 Å². The maximum atomic E-state index is 12.4. The van der Waals surface area contributed by atoms with E-state index in [1.807, 2.05) is 48.5 Å². The lowest BCUT2D eigenvalue weighted by atomic mass is 9.98. The molecule has 0 aromatic heterocycles. The molecule has 3 rings (SSSR count). The number of amides is 2. The Kier molecular flexibility index (Phi) is 7.84. The van der Waals surface area contributed by atoms with Gasteiger partial charge in [0, 0.05) is 18.9 Å². The molecular weight excluding hydrogens is 412 g/mol. The van der Waals surface area contributed by atoms with Crippen LogP contribution >= 0.6 is 0 Å². The number of fused-ring (bicyclic) bond motifs is 3. The van der Waals surface area contributed by atoms with Gasteiger partial charge in [0.25, 0.3) is 0 Å². The van der Waals surface area contributed by atoms with Gasteiger partial charge in [-0.25, -0.2) is 9.59 Å². The second-order valence-corrected chi connectivity index (χ2v) is 7.17. The van der Waals surface area contributed by atoms with Gasteiger partial charge in [0.05, 0.1) is 6.61 Å². The van der Waals surface area contributed by atoms with Crippen LogP contribution in [0.4, 0.5) is 4.79 Å². The summed E-state index contributed by atoms with van der Waals surface area (Å²) in [5.74, 6) is 0.653. The zero-order chi connectivity index (χ0) is 22.9. The second-order valence-electron chi connectivity index (χ2n) is 7.17. The van der Waals surface area contributed by atoms with Crippen molar-refractivity contribution in [3.63, 3.8) is 0 Å². The summed E-state index contributed by atoms with van der Waals surface area (Å²) in [6.45, 7) is -0.236. The van der Waals surface area contributed by atoms with Crippen molar-refractivity contribution >= 4 is 18.0 Å². The summed E-state index contributed by atoms with van der Waals surface area (Å²) in [5, 5.41) is 13.6. The van der Waals surface area contributed by atoms with Gasteiger partial charge in [0.15, 0.2) is 0 Å². The molecule has 1 aliphatic carbocycles. The van der Waals surface area contributed by atoms with Crippen LogP contribution in [0.25, 0.3) is 11.1 Å². The maximum absolute atomic E-state index is 12.4. The Morgan fingerprint density at radius 1 is 1.06 bits per heavy atom. The Bertz CT molecular complexity index is 984. The highest BCUT2D eigenvalue weighted by atomic mass is 16.5. The monoisotopic (exact) mass is 436 g/mol. The average Bonchev–Trinajstić information content (AvgIpc) is 3.10. The van der Waals surface area contributed by atoms with Gasteiger partial charge in [0.1, 0.15) is 19.3 Å². The zero-order valence-corrected chi connectivity index (χ0v) is 17.4. The van der Waals surface area contributed by atoms with Crippen LogP contribution in [0, 0.1) is 12.3 Å². The van der Waals surface area contributed by atoms with E-state index in [4.69, 9.17) is 21.0 Å². The van der Waals surface area contributed by atoms with E-state index in [2.05, 4.69) is 16.6 Å². The van der Waals surface area contributed by atoms with Gasteiger partial charge >= 0.3 is 12.1 Å². The van der Waals surface area contributed by atoms with Crippen LogP contribution in [0.3, 0.4) is 0 Å². The average molecular weight is 436 g/mol. The minimum absolute atomic E-state index is 0.0196. The lowest BCUT2D eigenvalue weighted by Crippen LogP contribution is -2.47. The predicted octanol–water partition coefficient (Wildman–Crippen LogP) is 2.13. The van der Waals surface area contributed by atoms with Crippen molar-refractivity contribution in [2.24, 2.45) is 0 Å². The van der Waals surface area contributed by atoms with Gasteiger partial charge in [0.2, 0.25) is 5.91 Å². The number of nitrogens with one attached hydrogen (secondary N) is 2. The SMILES string of the molecule is C#CCC(NC(=O)OCC1c2ccccc2-c2ccccc21)C(=O)NCCOCC(=O)O. The van der Waals surface area contributed by atoms with Crippen LogP contribution in [-0.4, -0.2) is 55.5 Å². The van der Waals surface area contributed by atoms with Gasteiger partial charge in [-0.2, -0.15) is 0 Å². The van der Waals surface area contributed by atoms with Crippen LogP contribution in [0.2, 0.25) is 0 Å². The van der Waals surface area contributed by atoms with Crippen LogP contribution in [0.5, 0.6) is 0 Å². The summed E-state index contributed by atoms with van der Waals surface area (Å²) in [6.07, 6.45) is 4.55. The van der Waals surface area contributed by atoms with Crippen molar-refractivity contribution in [2.75, 3.05) is 26.4 Å². The normalized spacial score (nSPS) is 12.7. The fourth-order valence-electron chi connectivity index (χ4n) is 3.64. The molecule has 0 heterocycles. The zero-order valence-electron chi connectivity index (χ0n) is 17.4. The molecule has 166 valence electrons. The lowest BCUT2D eigenvalue weighted by molar-refractivity contribution is -0.142. The molecule has 0 bridgehead atoms. The number of hydrogen-bond acceptors (Lipinski definition) is 5. The topological polar surface area (TPSA) is 114 Å². The number of carboxylic acids is 1. The quantitative estimate of drug-likeness (QED) is 0.388. The summed E-state index contributed by atoms with van der Waals surface area (Å²) in [5.41, 5.74) is 4.40. The molecule has 0 spiro atoms. The number of terminal acetylenes is 1. The fraction of sp³-hybridized carbons (Fsp3) is 0.292. The van der Waals surface area contributed by atoms with E-state index in [0.29, 0.717) is 0 Å². The van der Waals surface area contributed by atoms with Gasteiger partial charge in [-0.3, -0.25) is 4.79 Å². The Morgan fingerprint density at radius 2 is 1.69 bits per heavy atom. The molecule has 3 N–H and O–H groups in total. The van der Waals surface area contributed by atoms with E-state index < -0.39 is 30.6 Å². The van der Waals surface area contributed by atoms with Crippen LogP contribution in [0.15, 0.2) is 48.5 Å². The molecule has 1 unspecified atom stereocenters. The van der Waals surface area contributed by atoms with Gasteiger partial charge < -0.3 is 25.2 Å². The molecule has 0 aliphatic heterocycles. The van der Waals surface area contributed by atoms with Crippen molar-refractivity contribution in [1.82, 2.24) is 10.6 Å². The molecule has 32 heavy (non-hydrogen) atoms. The molecule has 2 aromatic carbocycles. The number of alkyl carbamates (subject to hydrolysis) is 1. The molecule has 1 atom stereocenters. The number of hydrogen-bond donors (Lipinski definition) is 3. The predicted molar refractivity (Wildman–Crippen MR) is 117 cm³/mol. The molecule has 2 aromatic rings. The number of carbonyl (C=O) groups excluding carboxylic acids is 2. The first-order chi connectivity index (χ1) is 15.5. The molecule has 0 radical (unpaired) electrons. The summed E-state index contributed by atoms with van der Waals surface area (Å²) < 4.78 is 10.3. The number of carboxylic acid groups (broad SMARTS) is 1. The smallest absolute Gasteiger partial charge is 0.407 e. The molecule has 0 fully saturated rings. The summed E-state index contributed by atoms with van der Waals surface area (Å²) in [6, 6.07) is 15.0. The molecule has 2 amide bonds. The number of rotatable bonds is 10. The summed E-state index contributed by atoms with van der Waals surface area (Å²) >= 11 is 0. The first-order valence-corrected chi connectivity index (χ1v) is 10.1. The Balaban J connectivity index is 1.54. The fourth-order valence-corrected chi connectivity index (χ4v) is 3.64. The van der Waals surface area contributed by atoms with E-state index in [9.17, 15) is 14.4 Å². The highest BCUT2D eigenvalue weighted by Gasteiger charge is 2.29. The first-order valence-electron chi connectivity index (χ1n) is 10.1. The molecule has 8 heteroatoms. The van der Waals surface area contributed by atoms with E-state index >= 15 is 0 Å². The van der Waals surface area contributed by atoms with Gasteiger partial charge in [-0.05, 0) is 22.3 Å². The van der Waals surface area contributed by atoms with Crippen molar-refractivity contribution in [3.8, 4) is 23.5 Å². The van der Waals surface area contributed by atoms with E-state index in [1.165, 1.54) is 0 Å². The molecule has 1 aliphatic rings. The largest absolute Gasteiger partial charge is 0.480 e. The molecule has 0 saturated carbocycles. The lowest BCUT2D eigenvalue weighted by Gasteiger charge is -2.18. The number of aliphatic carboxylic acids is 1. The second kappa shape index (κ2) is 11.0. The third-order valence-corrected chi connectivity index (χ3v) is 5.05. The Hall–Kier alpha value is -3.83. The highest BCUT2D eigenvalue weighted by Crippen LogP contribution is 2.44. The Morgan fingerprint density at radius 3 is 2.28 bits per heavy atom. The maximum Gasteiger partial charge on any atom is 0.407 e. The third kappa shape index (κ3) is 5.65. The van der Waals surface area contributed by atoms with Crippen LogP contribution in [-0.2, 0) is 19.1 Å². The summed E-state index contributed by atoms with van der Waals surface area (Å²) in [4.78, 5) is 35.1. The standard InChI is InChI=1S/C24H24N2O6/c1-2-7-21(23(29)25-12-13-31-15-22(27)28)26-24(30)32-14-20-18-10-5-3-8-16(18)17-9-4-6-11-19(17)20/h1,3-6,8-11,20-21H,7,12-15H2,(H,25,29)(H,26,30)(H,27,28). The third-order valence-electron chi connectivity index (χ3n) is 5.05.